The van der Waals surface area contributed by atoms with Gasteiger partial charge < -0.3 is 9.72 Å². The first-order valence-corrected chi connectivity index (χ1v) is 8.58. The third-order valence-electron chi connectivity index (χ3n) is 4.46. The molecule has 0 aliphatic carbocycles. The van der Waals surface area contributed by atoms with Gasteiger partial charge in [0.05, 0.1) is 16.5 Å². The quantitative estimate of drug-likeness (QED) is 0.367. The van der Waals surface area contributed by atoms with Gasteiger partial charge in [0.1, 0.15) is 5.82 Å². The van der Waals surface area contributed by atoms with E-state index in [0.29, 0.717) is 11.1 Å². The first kappa shape index (κ1) is 19.7. The molecule has 3 rings (SSSR count). The average molecular weight is 396 g/mol. The smallest absolute Gasteiger partial charge is 0.328 e. The molecule has 0 spiro atoms. The van der Waals surface area contributed by atoms with E-state index < -0.39 is 21.2 Å². The molecule has 0 amide bonds. The maximum atomic E-state index is 13.3. The highest BCUT2D eigenvalue weighted by Crippen LogP contribution is 2.40. The normalized spacial score (nSPS) is 11.1. The van der Waals surface area contributed by atoms with Crippen LogP contribution in [0.1, 0.15) is 23.9 Å². The Balaban J connectivity index is 2.29. The van der Waals surface area contributed by atoms with Crippen molar-refractivity contribution in [1.82, 2.24) is 9.97 Å². The number of hydrogen-bond donors (Lipinski definition) is 1. The lowest BCUT2D eigenvalue weighted by atomic mass is 9.73. The van der Waals surface area contributed by atoms with Crippen LogP contribution in [0.25, 0.3) is 0 Å². The number of H-pyrrole nitrogens is 1. The molecule has 0 fully saturated rings. The van der Waals surface area contributed by atoms with Gasteiger partial charge in [-0.15, -0.1) is 0 Å². The molecule has 3 aromatic rings. The van der Waals surface area contributed by atoms with Crippen LogP contribution in [-0.2, 0) is 14.9 Å². The summed E-state index contributed by atoms with van der Waals surface area (Å²) in [5.74, 6) is -0.448. The van der Waals surface area contributed by atoms with Gasteiger partial charge in [0, 0.05) is 36.7 Å². The Bertz CT molecular complexity index is 972. The van der Waals surface area contributed by atoms with Gasteiger partial charge in [-0.05, 0) is 18.1 Å². The van der Waals surface area contributed by atoms with E-state index in [1.807, 2.05) is 0 Å². The minimum Gasteiger partial charge on any atom is -0.465 e. The zero-order valence-corrected chi connectivity index (χ0v) is 15.3. The number of nitrogens with one attached hydrogen (secondary N) is 1. The molecule has 2 aromatic carbocycles. The average Bonchev–Trinajstić information content (AvgIpc) is 3.24. The first-order valence-electron chi connectivity index (χ1n) is 8.58. The Morgan fingerprint density at radius 2 is 1.48 bits per heavy atom. The molecule has 0 aliphatic heterocycles. The van der Waals surface area contributed by atoms with E-state index >= 15 is 0 Å². The van der Waals surface area contributed by atoms with Gasteiger partial charge in [-0.3, -0.25) is 25.0 Å². The second kappa shape index (κ2) is 7.89. The van der Waals surface area contributed by atoms with Crippen molar-refractivity contribution in [2.24, 2.45) is 0 Å². The molecule has 0 radical (unpaired) electrons. The number of imidazole rings is 1. The molecule has 0 aliphatic rings. The minimum absolute atomic E-state index is 0.0846. The van der Waals surface area contributed by atoms with Crippen LogP contribution in [0, 0.1) is 20.2 Å². The van der Waals surface area contributed by atoms with E-state index in [9.17, 15) is 25.0 Å². The fourth-order valence-corrected chi connectivity index (χ4v) is 3.15. The fraction of sp³-hybridized carbons (Fsp3) is 0.158. The SMILES string of the molecule is CCOC(=O)C(c1ccc([N+](=O)[O-])cc1)(c1ccc([N+](=O)[O-])cc1)c1ncc[nH]1. The van der Waals surface area contributed by atoms with Crippen molar-refractivity contribution in [3.05, 3.63) is 98.1 Å². The van der Waals surface area contributed by atoms with Crippen LogP contribution in [-0.4, -0.2) is 32.4 Å². The van der Waals surface area contributed by atoms with Gasteiger partial charge in [-0.25, -0.2) is 4.98 Å². The van der Waals surface area contributed by atoms with Gasteiger partial charge in [-0.2, -0.15) is 0 Å². The second-order valence-corrected chi connectivity index (χ2v) is 6.02. The van der Waals surface area contributed by atoms with E-state index in [0.717, 1.165) is 0 Å². The van der Waals surface area contributed by atoms with E-state index in [1.54, 1.807) is 6.92 Å². The zero-order chi connectivity index (χ0) is 21.0. The summed E-state index contributed by atoms with van der Waals surface area (Å²) in [6.45, 7) is 1.73. The van der Waals surface area contributed by atoms with Crippen LogP contribution in [0.2, 0.25) is 0 Å². The van der Waals surface area contributed by atoms with Gasteiger partial charge in [0.2, 0.25) is 0 Å². The van der Waals surface area contributed by atoms with Gasteiger partial charge in [0.15, 0.2) is 5.41 Å². The highest BCUT2D eigenvalue weighted by Gasteiger charge is 2.48. The summed E-state index contributed by atoms with van der Waals surface area (Å²) in [6, 6.07) is 10.9. The molecule has 10 heteroatoms. The van der Waals surface area contributed by atoms with Crippen molar-refractivity contribution >= 4 is 17.3 Å². The molecule has 10 nitrogen and oxygen atoms in total. The summed E-state index contributed by atoms with van der Waals surface area (Å²) in [7, 11) is 0. The Labute approximate surface area is 164 Å². The highest BCUT2D eigenvalue weighted by molar-refractivity contribution is 5.91. The van der Waals surface area contributed by atoms with Gasteiger partial charge >= 0.3 is 5.97 Å². The molecule has 1 heterocycles. The number of nitrogens with zero attached hydrogens (tertiary/aromatic N) is 3. The summed E-state index contributed by atoms with van der Waals surface area (Å²) >= 11 is 0. The van der Waals surface area contributed by atoms with Crippen LogP contribution in [0.15, 0.2) is 60.9 Å². The number of carbonyl (C=O) groups is 1. The largest absolute Gasteiger partial charge is 0.465 e. The van der Waals surface area contributed by atoms with Gasteiger partial charge in [-0.1, -0.05) is 24.3 Å². The number of aromatic amines is 1. The van der Waals surface area contributed by atoms with Gasteiger partial charge in [0.25, 0.3) is 11.4 Å². The Morgan fingerprint density at radius 3 is 1.83 bits per heavy atom. The molecular formula is C19H16N4O6. The number of esters is 1. The molecule has 29 heavy (non-hydrogen) atoms. The Morgan fingerprint density at radius 1 is 1.00 bits per heavy atom. The number of nitro groups is 2. The summed E-state index contributed by atoms with van der Waals surface area (Å²) in [4.78, 5) is 41.4. The topological polar surface area (TPSA) is 141 Å². The maximum absolute atomic E-state index is 13.3. The standard InChI is InChI=1S/C19H16N4O6/c1-2-29-18(24)19(17-20-11-12-21-17,13-3-7-15(8-4-13)22(25)26)14-5-9-16(10-6-14)23(27)28/h3-12H,2H2,1H3,(H,20,21). The van der Waals surface area contributed by atoms with Crippen molar-refractivity contribution < 1.29 is 19.4 Å². The number of ether oxygens (including phenoxy) is 1. The van der Waals surface area contributed by atoms with Crippen molar-refractivity contribution in [1.29, 1.82) is 0 Å². The number of nitro benzene ring substituents is 2. The van der Waals surface area contributed by atoms with Crippen molar-refractivity contribution in [2.75, 3.05) is 6.61 Å². The van der Waals surface area contributed by atoms with E-state index in [-0.39, 0.29) is 23.8 Å². The van der Waals surface area contributed by atoms with Crippen molar-refractivity contribution in [3.8, 4) is 0 Å². The zero-order valence-electron chi connectivity index (χ0n) is 15.3. The summed E-state index contributed by atoms with van der Waals surface area (Å²) in [5.41, 5.74) is -1.15. The molecule has 148 valence electrons. The van der Waals surface area contributed by atoms with Crippen molar-refractivity contribution in [3.63, 3.8) is 0 Å². The van der Waals surface area contributed by atoms with Crippen LogP contribution < -0.4 is 0 Å². The molecular weight excluding hydrogens is 380 g/mol. The molecule has 1 N–H and O–H groups in total. The van der Waals surface area contributed by atoms with E-state index in [4.69, 9.17) is 4.74 Å². The van der Waals surface area contributed by atoms with Crippen molar-refractivity contribution in [2.45, 2.75) is 12.3 Å². The summed E-state index contributed by atoms with van der Waals surface area (Å²) < 4.78 is 5.33. The fourth-order valence-electron chi connectivity index (χ4n) is 3.15. The number of rotatable bonds is 7. The predicted octanol–water partition coefficient (Wildman–Crippen LogP) is 3.12. The lowest BCUT2D eigenvalue weighted by Crippen LogP contribution is -2.41. The second-order valence-electron chi connectivity index (χ2n) is 6.02. The van der Waals surface area contributed by atoms with Crippen LogP contribution >= 0.6 is 0 Å². The number of benzene rings is 2. The molecule has 0 saturated carbocycles. The predicted molar refractivity (Wildman–Crippen MR) is 101 cm³/mol. The number of non-ortho nitro benzene ring substituents is 2. The van der Waals surface area contributed by atoms with Crippen LogP contribution in [0.3, 0.4) is 0 Å². The lowest BCUT2D eigenvalue weighted by molar-refractivity contribution is -0.385. The first-order chi connectivity index (χ1) is 13.9. The third kappa shape index (κ3) is 3.43. The highest BCUT2D eigenvalue weighted by atomic mass is 16.6. The Kier molecular flexibility index (Phi) is 5.35. The number of carbonyl (C=O) groups excluding carboxylic acids is 1. The monoisotopic (exact) mass is 396 g/mol. The molecule has 0 atom stereocenters. The summed E-state index contributed by atoms with van der Waals surface area (Å²) in [5, 5.41) is 22.1. The molecule has 0 unspecified atom stereocenters. The molecule has 0 bridgehead atoms. The molecule has 1 aromatic heterocycles. The minimum atomic E-state index is -1.59. The Hall–Kier alpha value is -4.08. The van der Waals surface area contributed by atoms with E-state index in [2.05, 4.69) is 9.97 Å². The lowest BCUT2D eigenvalue weighted by Gasteiger charge is -2.30. The molecule has 0 saturated heterocycles. The maximum Gasteiger partial charge on any atom is 0.328 e. The van der Waals surface area contributed by atoms with Crippen LogP contribution in [0.5, 0.6) is 0 Å². The van der Waals surface area contributed by atoms with Crippen LogP contribution in [0.4, 0.5) is 11.4 Å². The number of hydrogen-bond acceptors (Lipinski definition) is 7. The summed E-state index contributed by atoms with van der Waals surface area (Å²) in [6.07, 6.45) is 2.99. The number of aromatic nitrogens is 2. The van der Waals surface area contributed by atoms with E-state index in [1.165, 1.54) is 60.9 Å². The third-order valence-corrected chi connectivity index (χ3v) is 4.46.